The van der Waals surface area contributed by atoms with E-state index in [9.17, 15) is 18.0 Å². The number of pyridine rings is 1. The second kappa shape index (κ2) is 7.50. The fraction of sp³-hybridized carbons (Fsp3) is 0.348. The zero-order valence-corrected chi connectivity index (χ0v) is 18.1. The number of hydrogen-bond acceptors (Lipinski definition) is 4. The molecule has 2 amide bonds. The van der Waals surface area contributed by atoms with Gasteiger partial charge in [-0.2, -0.15) is 18.3 Å². The molecule has 1 fully saturated rings. The Labute approximate surface area is 188 Å². The molecule has 172 valence electrons. The molecule has 0 saturated heterocycles. The number of urea groups is 1. The molecule has 1 saturated carbocycles. The van der Waals surface area contributed by atoms with Crippen molar-refractivity contribution in [2.75, 3.05) is 5.32 Å². The van der Waals surface area contributed by atoms with E-state index in [1.165, 1.54) is 17.7 Å². The van der Waals surface area contributed by atoms with Crippen LogP contribution in [-0.4, -0.2) is 32.2 Å². The van der Waals surface area contributed by atoms with Gasteiger partial charge in [-0.3, -0.25) is 5.10 Å². The van der Waals surface area contributed by atoms with Gasteiger partial charge in [-0.1, -0.05) is 36.4 Å². The summed E-state index contributed by atoms with van der Waals surface area (Å²) in [5.74, 6) is 0.696. The Morgan fingerprint density at radius 2 is 1.91 bits per heavy atom. The van der Waals surface area contributed by atoms with Gasteiger partial charge in [0, 0.05) is 17.5 Å². The second-order valence-corrected chi connectivity index (χ2v) is 8.91. The van der Waals surface area contributed by atoms with Crippen molar-refractivity contribution in [3.8, 4) is 0 Å². The van der Waals surface area contributed by atoms with Gasteiger partial charge in [0.15, 0.2) is 5.82 Å². The van der Waals surface area contributed by atoms with Crippen molar-refractivity contribution in [3.63, 3.8) is 0 Å². The van der Waals surface area contributed by atoms with Gasteiger partial charge in [-0.15, -0.1) is 0 Å². The number of carbonyl (C=O) groups is 1. The summed E-state index contributed by atoms with van der Waals surface area (Å²) in [6.07, 6.45) is -3.65. The largest absolute Gasteiger partial charge is 0.433 e. The van der Waals surface area contributed by atoms with E-state index in [1.807, 2.05) is 32.0 Å². The number of amides is 2. The van der Waals surface area contributed by atoms with Gasteiger partial charge in [0.2, 0.25) is 0 Å². The van der Waals surface area contributed by atoms with Gasteiger partial charge in [0.1, 0.15) is 11.5 Å². The van der Waals surface area contributed by atoms with E-state index in [0.717, 1.165) is 23.7 Å². The normalized spacial score (nSPS) is 20.9. The lowest BCUT2D eigenvalue weighted by molar-refractivity contribution is -0.141. The number of benzene rings is 1. The van der Waals surface area contributed by atoms with E-state index in [4.69, 9.17) is 0 Å². The standard InChI is InChI=1S/C23H23F3N6O/c1-22(2)19-15(20(31-30-19)29-18-10-6-9-17(28-18)23(24,25)26)12-32(22)21(33)27-16-11-14(16)13-7-4-3-5-8-13/h3-10,14,16H,11-12H2,1-2H3,(H,27,33)(H2,28,29,30,31)/t14-,16?/m1/s1. The summed E-state index contributed by atoms with van der Waals surface area (Å²) >= 11 is 0. The molecule has 2 aliphatic rings. The molecule has 0 spiro atoms. The maximum absolute atomic E-state index is 13.1. The Balaban J connectivity index is 1.30. The molecule has 1 unspecified atom stereocenters. The molecule has 3 aromatic rings. The van der Waals surface area contributed by atoms with Crippen LogP contribution < -0.4 is 10.6 Å². The summed E-state index contributed by atoms with van der Waals surface area (Å²) in [7, 11) is 0. The van der Waals surface area contributed by atoms with Crippen LogP contribution in [0.5, 0.6) is 0 Å². The summed E-state index contributed by atoms with van der Waals surface area (Å²) in [4.78, 5) is 18.4. The minimum atomic E-state index is -4.54. The number of nitrogens with zero attached hydrogens (tertiary/aromatic N) is 3. The molecular formula is C23H23F3N6O. The first kappa shape index (κ1) is 21.3. The fourth-order valence-electron chi connectivity index (χ4n) is 4.39. The van der Waals surface area contributed by atoms with E-state index >= 15 is 0 Å². The molecule has 3 heterocycles. The van der Waals surface area contributed by atoms with Crippen LogP contribution in [0.25, 0.3) is 0 Å². The van der Waals surface area contributed by atoms with Crippen LogP contribution in [0.2, 0.25) is 0 Å². The minimum Gasteiger partial charge on any atom is -0.335 e. The van der Waals surface area contributed by atoms with E-state index in [-0.39, 0.29) is 24.4 Å². The quantitative estimate of drug-likeness (QED) is 0.522. The Bertz CT molecular complexity index is 1190. The SMILES string of the molecule is CC1(C)c2[nH]nc(Nc3cccc(C(F)(F)F)n3)c2CN1C(=O)NC1C[C@@H]1c1ccccc1. The van der Waals surface area contributed by atoms with Crippen molar-refractivity contribution in [1.29, 1.82) is 0 Å². The van der Waals surface area contributed by atoms with Gasteiger partial charge in [0.25, 0.3) is 0 Å². The third-order valence-corrected chi connectivity index (χ3v) is 6.33. The molecule has 5 rings (SSSR count). The highest BCUT2D eigenvalue weighted by Gasteiger charge is 2.46. The number of halogens is 3. The fourth-order valence-corrected chi connectivity index (χ4v) is 4.39. The van der Waals surface area contributed by atoms with Gasteiger partial charge in [0.05, 0.1) is 17.8 Å². The Morgan fingerprint density at radius 1 is 1.15 bits per heavy atom. The number of hydrogen-bond donors (Lipinski definition) is 3. The predicted molar refractivity (Wildman–Crippen MR) is 116 cm³/mol. The third kappa shape index (κ3) is 3.90. The van der Waals surface area contributed by atoms with Crippen molar-refractivity contribution < 1.29 is 18.0 Å². The Hall–Kier alpha value is -3.56. The van der Waals surface area contributed by atoms with E-state index < -0.39 is 17.4 Å². The van der Waals surface area contributed by atoms with Crippen LogP contribution in [0, 0.1) is 0 Å². The molecule has 33 heavy (non-hydrogen) atoms. The molecule has 1 aliphatic carbocycles. The number of aromatic nitrogens is 3. The first-order valence-corrected chi connectivity index (χ1v) is 10.7. The number of rotatable bonds is 4. The molecular weight excluding hydrogens is 433 g/mol. The molecule has 1 aromatic carbocycles. The number of H-pyrrole nitrogens is 1. The zero-order chi connectivity index (χ0) is 23.4. The van der Waals surface area contributed by atoms with Crippen molar-refractivity contribution in [1.82, 2.24) is 25.4 Å². The van der Waals surface area contributed by atoms with Crippen LogP contribution in [0.3, 0.4) is 0 Å². The second-order valence-electron chi connectivity index (χ2n) is 8.91. The van der Waals surface area contributed by atoms with E-state index in [0.29, 0.717) is 11.7 Å². The maximum Gasteiger partial charge on any atom is 0.433 e. The Morgan fingerprint density at radius 3 is 2.64 bits per heavy atom. The monoisotopic (exact) mass is 456 g/mol. The summed E-state index contributed by atoms with van der Waals surface area (Å²) < 4.78 is 39.0. The van der Waals surface area contributed by atoms with Crippen molar-refractivity contribution in [2.45, 2.75) is 50.5 Å². The zero-order valence-electron chi connectivity index (χ0n) is 18.1. The number of aromatic amines is 1. The van der Waals surface area contributed by atoms with Gasteiger partial charge in [-0.05, 0) is 38.0 Å². The van der Waals surface area contributed by atoms with Crippen molar-refractivity contribution in [2.24, 2.45) is 0 Å². The van der Waals surface area contributed by atoms with Crippen LogP contribution in [0.15, 0.2) is 48.5 Å². The lowest BCUT2D eigenvalue weighted by Crippen LogP contribution is -2.47. The van der Waals surface area contributed by atoms with Gasteiger partial charge < -0.3 is 15.5 Å². The smallest absolute Gasteiger partial charge is 0.335 e. The lowest BCUT2D eigenvalue weighted by Gasteiger charge is -2.32. The average molecular weight is 456 g/mol. The summed E-state index contributed by atoms with van der Waals surface area (Å²) in [6, 6.07) is 13.6. The summed E-state index contributed by atoms with van der Waals surface area (Å²) in [5, 5.41) is 13.1. The van der Waals surface area contributed by atoms with E-state index in [1.54, 1.807) is 4.90 Å². The first-order chi connectivity index (χ1) is 15.6. The predicted octanol–water partition coefficient (Wildman–Crippen LogP) is 4.88. The summed E-state index contributed by atoms with van der Waals surface area (Å²) in [6.45, 7) is 4.09. The molecule has 2 aromatic heterocycles. The molecule has 2 atom stereocenters. The van der Waals surface area contributed by atoms with Crippen LogP contribution in [0.4, 0.5) is 29.6 Å². The van der Waals surface area contributed by atoms with Crippen LogP contribution in [0.1, 0.15) is 48.7 Å². The highest BCUT2D eigenvalue weighted by Crippen LogP contribution is 2.43. The van der Waals surface area contributed by atoms with E-state index in [2.05, 4.69) is 37.9 Å². The van der Waals surface area contributed by atoms with Gasteiger partial charge >= 0.3 is 12.2 Å². The Kier molecular flexibility index (Phi) is 4.84. The number of alkyl halides is 3. The molecule has 7 nitrogen and oxygen atoms in total. The van der Waals surface area contributed by atoms with Crippen LogP contribution in [-0.2, 0) is 18.3 Å². The molecule has 0 radical (unpaired) electrons. The highest BCUT2D eigenvalue weighted by atomic mass is 19.4. The van der Waals surface area contributed by atoms with Crippen molar-refractivity contribution in [3.05, 3.63) is 71.0 Å². The maximum atomic E-state index is 13.1. The number of nitrogens with one attached hydrogen (secondary N) is 3. The molecule has 1 aliphatic heterocycles. The molecule has 3 N–H and O–H groups in total. The lowest BCUT2D eigenvalue weighted by atomic mass is 10.0. The topological polar surface area (TPSA) is 85.9 Å². The molecule has 10 heteroatoms. The first-order valence-electron chi connectivity index (χ1n) is 10.7. The van der Waals surface area contributed by atoms with Crippen LogP contribution >= 0.6 is 0 Å². The number of carbonyl (C=O) groups excluding carboxylic acids is 1. The molecule has 0 bridgehead atoms. The minimum absolute atomic E-state index is 0.0310. The van der Waals surface area contributed by atoms with Gasteiger partial charge in [-0.25, -0.2) is 9.78 Å². The average Bonchev–Trinajstić information content (AvgIpc) is 3.33. The number of anilines is 2. The third-order valence-electron chi connectivity index (χ3n) is 6.33. The number of fused-ring (bicyclic) bond motifs is 1. The highest BCUT2D eigenvalue weighted by molar-refractivity contribution is 5.78. The summed E-state index contributed by atoms with van der Waals surface area (Å²) in [5.41, 5.74) is 1.02. The van der Waals surface area contributed by atoms with Crippen molar-refractivity contribution >= 4 is 17.7 Å².